The molecule has 1 heterocycles. The summed E-state index contributed by atoms with van der Waals surface area (Å²) in [5, 5.41) is 3.11. The van der Waals surface area contributed by atoms with Crippen LogP contribution >= 0.6 is 11.6 Å². The SMILES string of the molecule is C/N=C/c1ccc(OCCN2CCN(Cc3ccc(Cl)cc3)CC2)c2ccccc12. The molecule has 5 heteroatoms. The Kier molecular flexibility index (Phi) is 7.00. The molecule has 1 fully saturated rings. The van der Waals surface area contributed by atoms with Gasteiger partial charge >= 0.3 is 0 Å². The van der Waals surface area contributed by atoms with Crippen molar-refractivity contribution in [1.82, 2.24) is 9.80 Å². The van der Waals surface area contributed by atoms with Crippen LogP contribution < -0.4 is 4.74 Å². The molecule has 0 N–H and O–H groups in total. The molecule has 0 aromatic heterocycles. The van der Waals surface area contributed by atoms with E-state index in [-0.39, 0.29) is 0 Å². The van der Waals surface area contributed by atoms with Crippen molar-refractivity contribution in [2.75, 3.05) is 46.4 Å². The van der Waals surface area contributed by atoms with Crippen molar-refractivity contribution in [2.45, 2.75) is 6.54 Å². The van der Waals surface area contributed by atoms with Crippen LogP contribution in [0.5, 0.6) is 5.75 Å². The summed E-state index contributed by atoms with van der Waals surface area (Å²) in [5.41, 5.74) is 2.44. The van der Waals surface area contributed by atoms with Crippen molar-refractivity contribution in [3.63, 3.8) is 0 Å². The van der Waals surface area contributed by atoms with Gasteiger partial charge in [0.15, 0.2) is 0 Å². The van der Waals surface area contributed by atoms with E-state index in [0.29, 0.717) is 6.61 Å². The Balaban J connectivity index is 1.27. The molecule has 4 nitrogen and oxygen atoms in total. The van der Waals surface area contributed by atoms with Crippen molar-refractivity contribution in [3.8, 4) is 5.75 Å². The fourth-order valence-electron chi connectivity index (χ4n) is 3.98. The van der Waals surface area contributed by atoms with E-state index < -0.39 is 0 Å². The minimum absolute atomic E-state index is 0.697. The summed E-state index contributed by atoms with van der Waals surface area (Å²) >= 11 is 5.98. The van der Waals surface area contributed by atoms with Gasteiger partial charge in [-0.25, -0.2) is 0 Å². The van der Waals surface area contributed by atoms with Gasteiger partial charge in [-0.3, -0.25) is 14.8 Å². The van der Waals surface area contributed by atoms with Crippen LogP contribution in [-0.4, -0.2) is 62.4 Å². The monoisotopic (exact) mass is 421 g/mol. The van der Waals surface area contributed by atoms with Crippen LogP contribution in [0.4, 0.5) is 0 Å². The highest BCUT2D eigenvalue weighted by Crippen LogP contribution is 2.28. The number of piperazine rings is 1. The normalized spacial score (nSPS) is 15.8. The van der Waals surface area contributed by atoms with E-state index in [1.165, 1.54) is 10.9 Å². The second-order valence-corrected chi connectivity index (χ2v) is 8.11. The molecule has 4 rings (SSSR count). The van der Waals surface area contributed by atoms with E-state index >= 15 is 0 Å². The van der Waals surface area contributed by atoms with E-state index in [1.54, 1.807) is 7.05 Å². The Morgan fingerprint density at radius 3 is 2.33 bits per heavy atom. The van der Waals surface area contributed by atoms with Crippen molar-refractivity contribution in [2.24, 2.45) is 4.99 Å². The Morgan fingerprint density at radius 2 is 1.60 bits per heavy atom. The van der Waals surface area contributed by atoms with Crippen LogP contribution in [0.1, 0.15) is 11.1 Å². The van der Waals surface area contributed by atoms with Gasteiger partial charge in [0.05, 0.1) is 0 Å². The van der Waals surface area contributed by atoms with Gasteiger partial charge in [0, 0.05) is 68.5 Å². The summed E-state index contributed by atoms with van der Waals surface area (Å²) in [5.74, 6) is 0.945. The van der Waals surface area contributed by atoms with Gasteiger partial charge in [0.2, 0.25) is 0 Å². The summed E-state index contributed by atoms with van der Waals surface area (Å²) in [7, 11) is 1.80. The predicted molar refractivity (Wildman–Crippen MR) is 126 cm³/mol. The molecule has 3 aromatic rings. The molecule has 0 atom stereocenters. The van der Waals surface area contributed by atoms with Gasteiger partial charge < -0.3 is 4.74 Å². The van der Waals surface area contributed by atoms with Crippen molar-refractivity contribution < 1.29 is 4.74 Å². The number of aliphatic imine (C=N–C) groups is 1. The number of hydrogen-bond donors (Lipinski definition) is 0. The zero-order chi connectivity index (χ0) is 20.8. The molecule has 1 aliphatic heterocycles. The third-order valence-electron chi connectivity index (χ3n) is 5.64. The molecule has 1 aliphatic rings. The molecule has 0 spiro atoms. The second-order valence-electron chi connectivity index (χ2n) is 7.68. The first-order chi connectivity index (χ1) is 14.7. The van der Waals surface area contributed by atoms with E-state index in [1.807, 2.05) is 18.3 Å². The fraction of sp³-hybridized carbons (Fsp3) is 0.320. The van der Waals surface area contributed by atoms with E-state index in [4.69, 9.17) is 16.3 Å². The van der Waals surface area contributed by atoms with E-state index in [0.717, 1.165) is 61.0 Å². The number of rotatable bonds is 7. The van der Waals surface area contributed by atoms with Crippen LogP contribution in [0.2, 0.25) is 5.02 Å². The average molecular weight is 422 g/mol. The summed E-state index contributed by atoms with van der Waals surface area (Å²) in [6, 6.07) is 20.7. The van der Waals surface area contributed by atoms with Crippen LogP contribution in [0.25, 0.3) is 10.8 Å². The smallest absolute Gasteiger partial charge is 0.127 e. The van der Waals surface area contributed by atoms with Gasteiger partial charge in [-0.2, -0.15) is 0 Å². The van der Waals surface area contributed by atoms with Gasteiger partial charge in [0.1, 0.15) is 12.4 Å². The maximum Gasteiger partial charge on any atom is 0.127 e. The largest absolute Gasteiger partial charge is 0.492 e. The van der Waals surface area contributed by atoms with Gasteiger partial charge in [-0.05, 0) is 35.2 Å². The zero-order valence-electron chi connectivity index (χ0n) is 17.4. The molecule has 0 saturated carbocycles. The Bertz CT molecular complexity index is 995. The summed E-state index contributed by atoms with van der Waals surface area (Å²) < 4.78 is 6.18. The highest BCUT2D eigenvalue weighted by Gasteiger charge is 2.17. The summed E-state index contributed by atoms with van der Waals surface area (Å²) in [6.07, 6.45) is 1.90. The Labute approximate surface area is 183 Å². The highest BCUT2D eigenvalue weighted by atomic mass is 35.5. The van der Waals surface area contributed by atoms with Crippen LogP contribution in [0.3, 0.4) is 0 Å². The van der Waals surface area contributed by atoms with Crippen LogP contribution in [0.15, 0.2) is 65.7 Å². The average Bonchev–Trinajstić information content (AvgIpc) is 2.78. The zero-order valence-corrected chi connectivity index (χ0v) is 18.2. The summed E-state index contributed by atoms with van der Waals surface area (Å²) in [4.78, 5) is 9.15. The first kappa shape index (κ1) is 20.9. The lowest BCUT2D eigenvalue weighted by Crippen LogP contribution is -2.47. The lowest BCUT2D eigenvalue weighted by atomic mass is 10.0. The number of benzene rings is 3. The Morgan fingerprint density at radius 1 is 0.900 bits per heavy atom. The number of nitrogens with zero attached hydrogens (tertiary/aromatic N) is 3. The molecule has 1 saturated heterocycles. The molecule has 3 aromatic carbocycles. The van der Waals surface area contributed by atoms with Gasteiger partial charge in [-0.1, -0.05) is 48.0 Å². The van der Waals surface area contributed by atoms with Crippen molar-refractivity contribution in [1.29, 1.82) is 0 Å². The number of hydrogen-bond acceptors (Lipinski definition) is 4. The van der Waals surface area contributed by atoms with Gasteiger partial charge in [0.25, 0.3) is 0 Å². The van der Waals surface area contributed by atoms with E-state index in [2.05, 4.69) is 63.3 Å². The molecule has 30 heavy (non-hydrogen) atoms. The van der Waals surface area contributed by atoms with E-state index in [9.17, 15) is 0 Å². The minimum atomic E-state index is 0.697. The first-order valence-electron chi connectivity index (χ1n) is 10.5. The third kappa shape index (κ3) is 5.20. The first-order valence-corrected chi connectivity index (χ1v) is 10.9. The lowest BCUT2D eigenvalue weighted by Gasteiger charge is -2.34. The molecule has 156 valence electrons. The molecule has 0 amide bonds. The third-order valence-corrected chi connectivity index (χ3v) is 5.89. The highest BCUT2D eigenvalue weighted by molar-refractivity contribution is 6.30. The maximum absolute atomic E-state index is 6.18. The second kappa shape index (κ2) is 10.1. The molecule has 0 radical (unpaired) electrons. The maximum atomic E-state index is 6.18. The molecular formula is C25H28ClN3O. The summed E-state index contributed by atoms with van der Waals surface area (Å²) in [6.45, 7) is 6.94. The van der Waals surface area contributed by atoms with Crippen LogP contribution in [0, 0.1) is 0 Å². The number of halogens is 1. The number of ether oxygens (including phenoxy) is 1. The standard InChI is InChI=1S/C25H28ClN3O/c1-27-18-21-8-11-25(24-5-3-2-4-23(21)24)30-17-16-28-12-14-29(15-13-28)19-20-6-9-22(26)10-7-20/h2-11,18H,12-17,19H2,1H3/b27-18+. The predicted octanol–water partition coefficient (Wildman–Crippen LogP) is 4.74. The van der Waals surface area contributed by atoms with Crippen LogP contribution in [-0.2, 0) is 6.54 Å². The molecule has 0 bridgehead atoms. The fourth-order valence-corrected chi connectivity index (χ4v) is 4.10. The topological polar surface area (TPSA) is 28.1 Å². The lowest BCUT2D eigenvalue weighted by molar-refractivity contribution is 0.113. The number of fused-ring (bicyclic) bond motifs is 1. The molecular weight excluding hydrogens is 394 g/mol. The van der Waals surface area contributed by atoms with Crippen molar-refractivity contribution in [3.05, 3.63) is 76.8 Å². The van der Waals surface area contributed by atoms with Crippen molar-refractivity contribution >= 4 is 28.6 Å². The quantitative estimate of drug-likeness (QED) is 0.516. The minimum Gasteiger partial charge on any atom is -0.492 e. The molecule has 0 aliphatic carbocycles. The molecule has 0 unspecified atom stereocenters. The Hall–Kier alpha value is -2.40. The van der Waals surface area contributed by atoms with Gasteiger partial charge in [-0.15, -0.1) is 0 Å².